The van der Waals surface area contributed by atoms with Gasteiger partial charge in [-0.15, -0.1) is 0 Å². The normalized spacial score (nSPS) is 12.2. The molecule has 2 aromatic rings. The average molecular weight is 305 g/mol. The Morgan fingerprint density at radius 1 is 1.41 bits per heavy atom. The number of amides is 1. The van der Waals surface area contributed by atoms with Gasteiger partial charge >= 0.3 is 0 Å². The van der Waals surface area contributed by atoms with Gasteiger partial charge in [0, 0.05) is 13.2 Å². The summed E-state index contributed by atoms with van der Waals surface area (Å²) in [6.45, 7) is 4.27. The van der Waals surface area contributed by atoms with Gasteiger partial charge in [-0.25, -0.2) is 9.07 Å². The van der Waals surface area contributed by atoms with E-state index in [-0.39, 0.29) is 17.8 Å². The zero-order valence-corrected chi connectivity index (χ0v) is 13.0. The van der Waals surface area contributed by atoms with Crippen LogP contribution in [0.2, 0.25) is 0 Å². The monoisotopic (exact) mass is 305 g/mol. The highest BCUT2D eigenvalue weighted by Crippen LogP contribution is 2.16. The van der Waals surface area contributed by atoms with E-state index in [1.807, 2.05) is 13.8 Å². The minimum absolute atomic E-state index is 0.0867. The maximum Gasteiger partial charge on any atom is 0.255 e. The summed E-state index contributed by atoms with van der Waals surface area (Å²) in [5, 5.41) is 7.13. The van der Waals surface area contributed by atoms with Crippen molar-refractivity contribution in [3.8, 4) is 5.69 Å². The second kappa shape index (κ2) is 7.17. The summed E-state index contributed by atoms with van der Waals surface area (Å²) in [5.41, 5.74) is 2.03. The molecule has 0 saturated carbocycles. The maximum atomic E-state index is 13.0. The molecule has 1 heterocycles. The first kappa shape index (κ1) is 16.2. The Balaban J connectivity index is 2.27. The van der Waals surface area contributed by atoms with E-state index in [4.69, 9.17) is 4.74 Å². The first-order chi connectivity index (χ1) is 10.6. The minimum Gasteiger partial charge on any atom is -0.383 e. The van der Waals surface area contributed by atoms with Gasteiger partial charge in [-0.2, -0.15) is 5.10 Å². The molecule has 1 amide bonds. The zero-order chi connectivity index (χ0) is 16.1. The molecule has 1 atom stereocenters. The van der Waals surface area contributed by atoms with Crippen LogP contribution in [0.3, 0.4) is 0 Å². The lowest BCUT2D eigenvalue weighted by molar-refractivity contribution is 0.0904. The fourth-order valence-electron chi connectivity index (χ4n) is 2.30. The van der Waals surface area contributed by atoms with E-state index < -0.39 is 0 Å². The third-order valence-corrected chi connectivity index (χ3v) is 3.31. The van der Waals surface area contributed by atoms with Gasteiger partial charge < -0.3 is 10.1 Å². The number of aromatic nitrogens is 2. The molecule has 0 spiro atoms. The van der Waals surface area contributed by atoms with E-state index in [2.05, 4.69) is 10.4 Å². The molecule has 0 fully saturated rings. The van der Waals surface area contributed by atoms with E-state index in [1.165, 1.54) is 18.3 Å². The smallest absolute Gasteiger partial charge is 0.255 e. The molecule has 0 bridgehead atoms. The number of hydrogen-bond donors (Lipinski definition) is 1. The second-order valence-corrected chi connectivity index (χ2v) is 5.08. The van der Waals surface area contributed by atoms with Crippen LogP contribution in [0.4, 0.5) is 4.39 Å². The molecule has 0 radical (unpaired) electrons. The number of hydrogen-bond acceptors (Lipinski definition) is 3. The molecule has 0 aliphatic heterocycles. The topological polar surface area (TPSA) is 56.1 Å². The Morgan fingerprint density at radius 2 is 2.09 bits per heavy atom. The van der Waals surface area contributed by atoms with Crippen LogP contribution in [-0.4, -0.2) is 35.4 Å². The number of carbonyl (C=O) groups excluding carboxylic acids is 1. The molecular weight excluding hydrogens is 285 g/mol. The molecule has 1 aromatic carbocycles. The van der Waals surface area contributed by atoms with Crippen molar-refractivity contribution in [3.63, 3.8) is 0 Å². The predicted molar refractivity (Wildman–Crippen MR) is 81.7 cm³/mol. The molecule has 0 saturated heterocycles. The van der Waals surface area contributed by atoms with Gasteiger partial charge in [-0.05, 0) is 37.6 Å². The van der Waals surface area contributed by atoms with Crippen LogP contribution in [0.15, 0.2) is 30.5 Å². The van der Waals surface area contributed by atoms with Crippen LogP contribution in [0, 0.1) is 5.82 Å². The number of benzene rings is 1. The Morgan fingerprint density at radius 3 is 2.68 bits per heavy atom. The number of methoxy groups -OCH3 is 1. The van der Waals surface area contributed by atoms with Gasteiger partial charge in [0.25, 0.3) is 5.91 Å². The van der Waals surface area contributed by atoms with Crippen molar-refractivity contribution in [1.29, 1.82) is 0 Å². The average Bonchev–Trinajstić information content (AvgIpc) is 2.92. The summed E-state index contributed by atoms with van der Waals surface area (Å²) in [7, 11) is 1.59. The third kappa shape index (κ3) is 3.51. The van der Waals surface area contributed by atoms with Gasteiger partial charge in [0.15, 0.2) is 0 Å². The van der Waals surface area contributed by atoms with Crippen molar-refractivity contribution >= 4 is 5.91 Å². The lowest BCUT2D eigenvalue weighted by Crippen LogP contribution is -2.35. The van der Waals surface area contributed by atoms with Crippen LogP contribution in [-0.2, 0) is 11.2 Å². The summed E-state index contributed by atoms with van der Waals surface area (Å²) in [4.78, 5) is 12.3. The fourth-order valence-corrected chi connectivity index (χ4v) is 2.30. The first-order valence-corrected chi connectivity index (χ1v) is 7.19. The first-order valence-electron chi connectivity index (χ1n) is 7.19. The highest BCUT2D eigenvalue weighted by atomic mass is 19.1. The van der Waals surface area contributed by atoms with Crippen LogP contribution in [0.1, 0.15) is 29.9 Å². The molecule has 1 N–H and O–H groups in total. The van der Waals surface area contributed by atoms with Crippen molar-refractivity contribution in [2.75, 3.05) is 13.7 Å². The fraction of sp³-hybridized carbons (Fsp3) is 0.375. The van der Waals surface area contributed by atoms with E-state index in [0.717, 1.165) is 11.4 Å². The summed E-state index contributed by atoms with van der Waals surface area (Å²) in [5.74, 6) is -0.491. The van der Waals surface area contributed by atoms with Crippen molar-refractivity contribution < 1.29 is 13.9 Å². The van der Waals surface area contributed by atoms with Crippen molar-refractivity contribution in [1.82, 2.24) is 15.1 Å². The summed E-state index contributed by atoms with van der Waals surface area (Å²) in [6, 6.07) is 5.93. The number of halogens is 1. The van der Waals surface area contributed by atoms with Crippen molar-refractivity contribution in [2.24, 2.45) is 0 Å². The third-order valence-electron chi connectivity index (χ3n) is 3.31. The Bertz CT molecular complexity index is 637. The molecule has 0 aliphatic rings. The van der Waals surface area contributed by atoms with Crippen LogP contribution in [0.25, 0.3) is 5.69 Å². The standard InChI is InChI=1S/C16H20FN3O2/c1-4-15-14(16(21)19-11(2)10-22-3)9-18-20(15)13-7-5-12(17)6-8-13/h5-9,11H,4,10H2,1-3H3,(H,19,21). The number of ether oxygens (including phenoxy) is 1. The van der Waals surface area contributed by atoms with Crippen LogP contribution in [0.5, 0.6) is 0 Å². The molecule has 5 nitrogen and oxygen atoms in total. The van der Waals surface area contributed by atoms with E-state index >= 15 is 0 Å². The quantitative estimate of drug-likeness (QED) is 0.891. The SMILES string of the molecule is CCc1c(C(=O)NC(C)COC)cnn1-c1ccc(F)cc1. The zero-order valence-electron chi connectivity index (χ0n) is 13.0. The van der Waals surface area contributed by atoms with Gasteiger partial charge in [0.1, 0.15) is 5.82 Å². The second-order valence-electron chi connectivity index (χ2n) is 5.08. The Kier molecular flexibility index (Phi) is 5.27. The van der Waals surface area contributed by atoms with Crippen molar-refractivity contribution in [3.05, 3.63) is 47.5 Å². The summed E-state index contributed by atoms with van der Waals surface area (Å²) in [6.07, 6.45) is 2.18. The van der Waals surface area contributed by atoms with E-state index in [9.17, 15) is 9.18 Å². The predicted octanol–water partition coefficient (Wildman–Crippen LogP) is 2.34. The Hall–Kier alpha value is -2.21. The lowest BCUT2D eigenvalue weighted by atomic mass is 10.1. The number of carbonyl (C=O) groups is 1. The molecular formula is C16H20FN3O2. The van der Waals surface area contributed by atoms with Crippen LogP contribution >= 0.6 is 0 Å². The molecule has 0 aliphatic carbocycles. The maximum absolute atomic E-state index is 13.0. The highest BCUT2D eigenvalue weighted by molar-refractivity contribution is 5.95. The highest BCUT2D eigenvalue weighted by Gasteiger charge is 2.18. The molecule has 1 aromatic heterocycles. The summed E-state index contributed by atoms with van der Waals surface area (Å²) >= 11 is 0. The molecule has 2 rings (SSSR count). The summed E-state index contributed by atoms with van der Waals surface area (Å²) < 4.78 is 19.7. The van der Waals surface area contributed by atoms with E-state index in [1.54, 1.807) is 23.9 Å². The molecule has 1 unspecified atom stereocenters. The van der Waals surface area contributed by atoms with E-state index in [0.29, 0.717) is 18.6 Å². The van der Waals surface area contributed by atoms with Gasteiger partial charge in [0.2, 0.25) is 0 Å². The van der Waals surface area contributed by atoms with Crippen LogP contribution < -0.4 is 5.32 Å². The molecule has 118 valence electrons. The number of nitrogens with one attached hydrogen (secondary N) is 1. The lowest BCUT2D eigenvalue weighted by Gasteiger charge is -2.13. The number of nitrogens with zero attached hydrogens (tertiary/aromatic N) is 2. The van der Waals surface area contributed by atoms with Gasteiger partial charge in [-0.1, -0.05) is 6.92 Å². The van der Waals surface area contributed by atoms with Crippen molar-refractivity contribution in [2.45, 2.75) is 26.3 Å². The number of rotatable bonds is 6. The minimum atomic E-state index is -0.305. The van der Waals surface area contributed by atoms with Gasteiger partial charge in [-0.3, -0.25) is 4.79 Å². The molecule has 6 heteroatoms. The largest absolute Gasteiger partial charge is 0.383 e. The Labute approximate surface area is 129 Å². The molecule has 22 heavy (non-hydrogen) atoms. The van der Waals surface area contributed by atoms with Gasteiger partial charge in [0.05, 0.1) is 29.7 Å².